The van der Waals surface area contributed by atoms with Crippen LogP contribution in [-0.4, -0.2) is 41.9 Å². The number of carboxylic acids is 1. The molecule has 2 atom stereocenters. The highest BCUT2D eigenvalue weighted by atomic mass is 16.4. The molecule has 6 nitrogen and oxygen atoms in total. The van der Waals surface area contributed by atoms with Gasteiger partial charge in [-0.15, -0.1) is 0 Å². The Kier molecular flexibility index (Phi) is 5.16. The summed E-state index contributed by atoms with van der Waals surface area (Å²) in [6, 6.07) is 6.71. The van der Waals surface area contributed by atoms with Crippen molar-refractivity contribution in [3.63, 3.8) is 0 Å². The molecular weight excluding hydrogens is 296 g/mol. The van der Waals surface area contributed by atoms with E-state index in [2.05, 4.69) is 5.32 Å². The smallest absolute Gasteiger partial charge is 0.307 e. The maximum absolute atomic E-state index is 12.5. The number of nitrogens with one attached hydrogen (secondary N) is 1. The second kappa shape index (κ2) is 7.09. The number of benzene rings is 1. The molecule has 6 heteroatoms. The lowest BCUT2D eigenvalue weighted by Gasteiger charge is -2.24. The lowest BCUT2D eigenvalue weighted by atomic mass is 9.82. The molecule has 2 rings (SSSR count). The fourth-order valence-corrected chi connectivity index (χ4v) is 2.62. The minimum absolute atomic E-state index is 0.223. The minimum Gasteiger partial charge on any atom is -0.481 e. The van der Waals surface area contributed by atoms with Gasteiger partial charge in [-0.25, -0.2) is 0 Å². The van der Waals surface area contributed by atoms with E-state index in [-0.39, 0.29) is 11.8 Å². The monoisotopic (exact) mass is 316 g/mol. The van der Waals surface area contributed by atoms with Crippen molar-refractivity contribution in [3.05, 3.63) is 42.0 Å². The predicted octanol–water partition coefficient (Wildman–Crippen LogP) is 1.99. The summed E-state index contributed by atoms with van der Waals surface area (Å²) in [6.45, 7) is 0. The molecule has 0 spiro atoms. The highest BCUT2D eigenvalue weighted by molar-refractivity contribution is 6.04. The van der Waals surface area contributed by atoms with Gasteiger partial charge in [0.05, 0.1) is 23.1 Å². The summed E-state index contributed by atoms with van der Waals surface area (Å²) in [5.41, 5.74) is 0.777. The number of carboxylic acid groups (broad SMARTS) is 1. The van der Waals surface area contributed by atoms with Gasteiger partial charge in [-0.1, -0.05) is 24.3 Å². The molecule has 0 saturated heterocycles. The van der Waals surface area contributed by atoms with Crippen LogP contribution in [-0.2, 0) is 9.59 Å². The summed E-state index contributed by atoms with van der Waals surface area (Å²) in [4.78, 5) is 37.4. The van der Waals surface area contributed by atoms with Gasteiger partial charge in [-0.3, -0.25) is 14.4 Å². The van der Waals surface area contributed by atoms with Crippen molar-refractivity contribution in [2.75, 3.05) is 19.4 Å². The highest BCUT2D eigenvalue weighted by Crippen LogP contribution is 2.28. The van der Waals surface area contributed by atoms with Crippen LogP contribution in [0.4, 0.5) is 5.69 Å². The van der Waals surface area contributed by atoms with E-state index in [9.17, 15) is 19.5 Å². The Morgan fingerprint density at radius 1 is 1.09 bits per heavy atom. The van der Waals surface area contributed by atoms with Crippen molar-refractivity contribution < 1.29 is 19.5 Å². The largest absolute Gasteiger partial charge is 0.481 e. The molecule has 1 aromatic carbocycles. The van der Waals surface area contributed by atoms with Gasteiger partial charge in [-0.05, 0) is 25.0 Å². The maximum Gasteiger partial charge on any atom is 0.307 e. The second-order valence-electron chi connectivity index (χ2n) is 5.73. The SMILES string of the molecule is CN(C)C(=O)c1ccccc1NC(=O)C1CC=CCC1C(=O)O. The number of rotatable bonds is 4. The summed E-state index contributed by atoms with van der Waals surface area (Å²) in [7, 11) is 3.26. The van der Waals surface area contributed by atoms with Gasteiger partial charge >= 0.3 is 5.97 Å². The van der Waals surface area contributed by atoms with Crippen molar-refractivity contribution in [1.29, 1.82) is 0 Å². The number of allylic oxidation sites excluding steroid dienone is 2. The fraction of sp³-hybridized carbons (Fsp3) is 0.353. The van der Waals surface area contributed by atoms with Gasteiger partial charge in [0.1, 0.15) is 0 Å². The molecule has 1 aromatic rings. The molecule has 0 fully saturated rings. The number of carbonyl (C=O) groups excluding carboxylic acids is 2. The number of amides is 2. The van der Waals surface area contributed by atoms with Crippen molar-refractivity contribution in [1.82, 2.24) is 4.90 Å². The van der Waals surface area contributed by atoms with Gasteiger partial charge in [-0.2, -0.15) is 0 Å². The van der Waals surface area contributed by atoms with Crippen molar-refractivity contribution >= 4 is 23.5 Å². The van der Waals surface area contributed by atoms with Crippen LogP contribution < -0.4 is 5.32 Å². The van der Waals surface area contributed by atoms with Crippen molar-refractivity contribution in [3.8, 4) is 0 Å². The maximum atomic E-state index is 12.5. The molecule has 2 unspecified atom stereocenters. The molecule has 0 aliphatic heterocycles. The average Bonchev–Trinajstić information content (AvgIpc) is 2.54. The zero-order valence-electron chi connectivity index (χ0n) is 13.2. The van der Waals surface area contributed by atoms with Crippen LogP contribution in [0.25, 0.3) is 0 Å². The summed E-state index contributed by atoms with van der Waals surface area (Å²) >= 11 is 0. The molecule has 0 saturated carbocycles. The Hall–Kier alpha value is -2.63. The first-order valence-electron chi connectivity index (χ1n) is 7.41. The molecule has 1 aliphatic rings. The number of aliphatic carboxylic acids is 1. The van der Waals surface area contributed by atoms with E-state index in [0.29, 0.717) is 24.1 Å². The normalized spacial score (nSPS) is 19.9. The molecule has 122 valence electrons. The number of carbonyl (C=O) groups is 3. The van der Waals surface area contributed by atoms with E-state index in [1.807, 2.05) is 6.08 Å². The van der Waals surface area contributed by atoms with Crippen molar-refractivity contribution in [2.45, 2.75) is 12.8 Å². The summed E-state index contributed by atoms with van der Waals surface area (Å²) < 4.78 is 0. The lowest BCUT2D eigenvalue weighted by molar-refractivity contribution is -0.146. The van der Waals surface area contributed by atoms with Crippen molar-refractivity contribution in [2.24, 2.45) is 11.8 Å². The third kappa shape index (κ3) is 3.77. The number of hydrogen-bond donors (Lipinski definition) is 2. The standard InChI is InChI=1S/C17H20N2O4/c1-19(2)16(21)13-9-5-6-10-14(13)18-15(20)11-7-3-4-8-12(11)17(22)23/h3-6,9-12H,7-8H2,1-2H3,(H,18,20)(H,22,23). The van der Waals surface area contributed by atoms with Gasteiger partial charge in [0.2, 0.25) is 5.91 Å². The Labute approximate surface area is 134 Å². The lowest BCUT2D eigenvalue weighted by Crippen LogP contribution is -2.35. The van der Waals surface area contributed by atoms with E-state index >= 15 is 0 Å². The van der Waals surface area contributed by atoms with E-state index in [1.165, 1.54) is 4.90 Å². The van der Waals surface area contributed by atoms with Crippen LogP contribution in [0.5, 0.6) is 0 Å². The van der Waals surface area contributed by atoms with E-state index in [4.69, 9.17) is 0 Å². The van der Waals surface area contributed by atoms with Gasteiger partial charge < -0.3 is 15.3 Å². The molecule has 2 amide bonds. The number of hydrogen-bond acceptors (Lipinski definition) is 3. The second-order valence-corrected chi connectivity index (χ2v) is 5.73. The van der Waals surface area contributed by atoms with Crippen LogP contribution >= 0.6 is 0 Å². The Morgan fingerprint density at radius 2 is 1.70 bits per heavy atom. The van der Waals surface area contributed by atoms with Crippen LogP contribution in [0.15, 0.2) is 36.4 Å². The molecule has 0 radical (unpaired) electrons. The van der Waals surface area contributed by atoms with Crippen LogP contribution in [0.2, 0.25) is 0 Å². The minimum atomic E-state index is -0.979. The highest BCUT2D eigenvalue weighted by Gasteiger charge is 2.34. The number of para-hydroxylation sites is 1. The van der Waals surface area contributed by atoms with Crippen LogP contribution in [0, 0.1) is 11.8 Å². The molecular formula is C17H20N2O4. The summed E-state index contributed by atoms with van der Waals surface area (Å²) in [5.74, 6) is -2.95. The third-order valence-electron chi connectivity index (χ3n) is 3.91. The summed E-state index contributed by atoms with van der Waals surface area (Å²) in [6.07, 6.45) is 4.32. The van der Waals surface area contributed by atoms with Gasteiger partial charge in [0, 0.05) is 14.1 Å². The fourth-order valence-electron chi connectivity index (χ4n) is 2.62. The first kappa shape index (κ1) is 16.7. The molecule has 0 aromatic heterocycles. The van der Waals surface area contributed by atoms with E-state index in [1.54, 1.807) is 44.4 Å². The topological polar surface area (TPSA) is 86.7 Å². The Bertz CT molecular complexity index is 652. The Morgan fingerprint density at radius 3 is 2.30 bits per heavy atom. The zero-order valence-corrected chi connectivity index (χ0v) is 13.2. The molecule has 23 heavy (non-hydrogen) atoms. The average molecular weight is 316 g/mol. The zero-order chi connectivity index (χ0) is 17.0. The summed E-state index contributed by atoms with van der Waals surface area (Å²) in [5, 5.41) is 12.0. The van der Waals surface area contributed by atoms with Crippen LogP contribution in [0.1, 0.15) is 23.2 Å². The molecule has 2 N–H and O–H groups in total. The Balaban J connectivity index is 2.22. The van der Waals surface area contributed by atoms with Crippen LogP contribution in [0.3, 0.4) is 0 Å². The third-order valence-corrected chi connectivity index (χ3v) is 3.91. The van der Waals surface area contributed by atoms with Gasteiger partial charge in [0.25, 0.3) is 5.91 Å². The molecule has 0 heterocycles. The number of nitrogens with zero attached hydrogens (tertiary/aromatic N) is 1. The number of anilines is 1. The van der Waals surface area contributed by atoms with E-state index < -0.39 is 17.8 Å². The first-order chi connectivity index (χ1) is 10.9. The first-order valence-corrected chi connectivity index (χ1v) is 7.41. The van der Waals surface area contributed by atoms with E-state index in [0.717, 1.165) is 0 Å². The quantitative estimate of drug-likeness (QED) is 0.832. The predicted molar refractivity (Wildman–Crippen MR) is 86.1 cm³/mol. The molecule has 0 bridgehead atoms. The van der Waals surface area contributed by atoms with Gasteiger partial charge in [0.15, 0.2) is 0 Å². The molecule has 1 aliphatic carbocycles.